The molecule has 2 aromatic rings. The third-order valence-corrected chi connectivity index (χ3v) is 4.88. The van der Waals surface area contributed by atoms with Gasteiger partial charge in [-0.15, -0.1) is 0 Å². The van der Waals surface area contributed by atoms with E-state index in [0.717, 1.165) is 7.11 Å². The lowest BCUT2D eigenvalue weighted by Crippen LogP contribution is -2.26. The van der Waals surface area contributed by atoms with Crippen molar-refractivity contribution >= 4 is 23.1 Å². The molecular formula is C20H13F10NO2S. The van der Waals surface area contributed by atoms with Crippen molar-refractivity contribution in [1.82, 2.24) is 4.98 Å². The molecule has 0 saturated carbocycles. The number of carbonyl (C=O) groups is 1. The van der Waals surface area contributed by atoms with Gasteiger partial charge in [-0.2, -0.15) is 13.2 Å². The van der Waals surface area contributed by atoms with Gasteiger partial charge in [-0.1, -0.05) is 26.1 Å². The van der Waals surface area contributed by atoms with Crippen molar-refractivity contribution in [2.75, 3.05) is 7.11 Å². The van der Waals surface area contributed by atoms with Crippen LogP contribution in [0.25, 0.3) is 0 Å². The number of nitrogens with zero attached hydrogens (tertiary/aromatic N) is 1. The number of hydrogen-bond acceptors (Lipinski definition) is 4. The summed E-state index contributed by atoms with van der Waals surface area (Å²) in [5.41, 5.74) is -9.28. The quantitative estimate of drug-likeness (QED) is 0.109. The van der Waals surface area contributed by atoms with Gasteiger partial charge in [0.15, 0.2) is 29.0 Å². The van der Waals surface area contributed by atoms with E-state index in [1.807, 2.05) is 0 Å². The van der Waals surface area contributed by atoms with Crippen LogP contribution in [0, 0.1) is 35.0 Å². The molecule has 0 radical (unpaired) electrons. The standard InChI is InChI=1S/C20H13F10NO2S/c1-5(2)4-6-7(19(32)33-3)15(18(26)27)31-17(20(28,29)30)8(6)16(34)9-10(21)12(23)14(25)13(24)11(9)22/h5,18H,4H2,1-3H3. The van der Waals surface area contributed by atoms with Crippen LogP contribution < -0.4 is 0 Å². The molecule has 0 aliphatic carbocycles. The van der Waals surface area contributed by atoms with E-state index in [9.17, 15) is 48.7 Å². The topological polar surface area (TPSA) is 39.2 Å². The normalized spacial score (nSPS) is 12.0. The number of benzene rings is 1. The zero-order valence-electron chi connectivity index (χ0n) is 17.3. The van der Waals surface area contributed by atoms with Crippen molar-refractivity contribution in [3.63, 3.8) is 0 Å². The summed E-state index contributed by atoms with van der Waals surface area (Å²) in [5, 5.41) is 0. The van der Waals surface area contributed by atoms with Crippen molar-refractivity contribution in [2.45, 2.75) is 32.9 Å². The zero-order chi connectivity index (χ0) is 26.3. The molecule has 34 heavy (non-hydrogen) atoms. The zero-order valence-corrected chi connectivity index (χ0v) is 18.1. The van der Waals surface area contributed by atoms with Crippen LogP contribution in [-0.4, -0.2) is 22.9 Å². The Morgan fingerprint density at radius 3 is 1.76 bits per heavy atom. The van der Waals surface area contributed by atoms with E-state index >= 15 is 0 Å². The van der Waals surface area contributed by atoms with E-state index in [-0.39, 0.29) is 0 Å². The van der Waals surface area contributed by atoms with Gasteiger partial charge >= 0.3 is 12.1 Å². The summed E-state index contributed by atoms with van der Waals surface area (Å²) < 4.78 is 143. The Bertz CT molecular complexity index is 1130. The Kier molecular flexibility index (Phi) is 7.95. The van der Waals surface area contributed by atoms with Gasteiger partial charge < -0.3 is 4.74 Å². The monoisotopic (exact) mass is 521 g/mol. The molecule has 0 aliphatic rings. The third kappa shape index (κ3) is 4.86. The molecule has 0 bridgehead atoms. The predicted octanol–water partition coefficient (Wildman–Crippen LogP) is 6.48. The van der Waals surface area contributed by atoms with Crippen LogP contribution in [0.3, 0.4) is 0 Å². The van der Waals surface area contributed by atoms with Crippen molar-refractivity contribution in [3.8, 4) is 0 Å². The average molecular weight is 521 g/mol. The van der Waals surface area contributed by atoms with Crippen LogP contribution in [0.4, 0.5) is 43.9 Å². The van der Waals surface area contributed by atoms with Gasteiger partial charge in [0.05, 0.1) is 23.1 Å². The summed E-state index contributed by atoms with van der Waals surface area (Å²) in [7, 11) is 0.719. The highest BCUT2D eigenvalue weighted by Gasteiger charge is 2.43. The lowest BCUT2D eigenvalue weighted by atomic mass is 9.87. The summed E-state index contributed by atoms with van der Waals surface area (Å²) >= 11 is 4.70. The van der Waals surface area contributed by atoms with Gasteiger partial charge in [0.25, 0.3) is 6.43 Å². The Morgan fingerprint density at radius 2 is 1.38 bits per heavy atom. The van der Waals surface area contributed by atoms with Gasteiger partial charge in [0.1, 0.15) is 5.69 Å². The molecule has 1 aromatic carbocycles. The number of ether oxygens (including phenoxy) is 1. The number of halogens is 10. The first-order valence-corrected chi connectivity index (χ1v) is 9.53. The molecule has 0 aliphatic heterocycles. The molecule has 2 rings (SSSR count). The van der Waals surface area contributed by atoms with E-state index in [0.29, 0.717) is 0 Å². The SMILES string of the molecule is COC(=O)c1c(C(F)F)nc(C(F)(F)F)c(C(=S)c2c(F)c(F)c(F)c(F)c2F)c1CC(C)C. The van der Waals surface area contributed by atoms with Crippen LogP contribution >= 0.6 is 12.2 Å². The maximum atomic E-state index is 14.4. The van der Waals surface area contributed by atoms with Crippen LogP contribution in [0.15, 0.2) is 0 Å². The summed E-state index contributed by atoms with van der Waals surface area (Å²) in [5.74, 6) is -14.9. The molecule has 0 N–H and O–H groups in total. The highest BCUT2D eigenvalue weighted by Crippen LogP contribution is 2.40. The van der Waals surface area contributed by atoms with E-state index in [1.54, 1.807) is 0 Å². The predicted molar refractivity (Wildman–Crippen MR) is 101 cm³/mol. The lowest BCUT2D eigenvalue weighted by Gasteiger charge is -2.23. The molecule has 0 atom stereocenters. The first kappa shape index (κ1) is 27.5. The van der Waals surface area contributed by atoms with Gasteiger partial charge in [0, 0.05) is 5.56 Å². The second-order valence-corrected chi connectivity index (χ2v) is 7.64. The average Bonchev–Trinajstić information content (AvgIpc) is 2.73. The van der Waals surface area contributed by atoms with Crippen LogP contribution in [0.5, 0.6) is 0 Å². The molecule has 0 spiro atoms. The van der Waals surface area contributed by atoms with Crippen molar-refractivity contribution < 1.29 is 53.4 Å². The number of thiocarbonyl (C=S) groups is 1. The number of aromatic nitrogens is 1. The minimum Gasteiger partial charge on any atom is -0.465 e. The molecule has 1 heterocycles. The molecule has 3 nitrogen and oxygen atoms in total. The van der Waals surface area contributed by atoms with Crippen molar-refractivity contribution in [3.05, 3.63) is 62.7 Å². The van der Waals surface area contributed by atoms with Gasteiger partial charge in [-0.3, -0.25) is 0 Å². The maximum absolute atomic E-state index is 14.4. The molecule has 14 heteroatoms. The largest absolute Gasteiger partial charge is 0.465 e. The Balaban J connectivity index is 3.17. The first-order chi connectivity index (χ1) is 15.6. The molecule has 1 aromatic heterocycles. The number of pyridine rings is 1. The molecule has 0 saturated heterocycles. The van der Waals surface area contributed by atoms with Crippen LogP contribution in [-0.2, 0) is 17.3 Å². The first-order valence-electron chi connectivity index (χ1n) is 9.12. The number of alkyl halides is 5. The summed E-state index contributed by atoms with van der Waals surface area (Å²) in [6.45, 7) is 2.78. The number of rotatable bonds is 6. The number of methoxy groups -OCH3 is 1. The molecule has 0 unspecified atom stereocenters. The number of carbonyl (C=O) groups excluding carboxylic acids is 1. The van der Waals surface area contributed by atoms with Crippen molar-refractivity contribution in [2.24, 2.45) is 5.92 Å². The smallest absolute Gasteiger partial charge is 0.434 e. The second-order valence-electron chi connectivity index (χ2n) is 7.24. The molecule has 0 fully saturated rings. The molecule has 0 amide bonds. The summed E-state index contributed by atoms with van der Waals surface area (Å²) in [6.07, 6.45) is -9.94. The highest BCUT2D eigenvalue weighted by atomic mass is 32.1. The fourth-order valence-electron chi connectivity index (χ4n) is 3.13. The number of esters is 1. The van der Waals surface area contributed by atoms with E-state index in [4.69, 9.17) is 12.2 Å². The maximum Gasteiger partial charge on any atom is 0.434 e. The minimum atomic E-state index is -5.59. The Labute approximate surface area is 190 Å². The molecular weight excluding hydrogens is 508 g/mol. The van der Waals surface area contributed by atoms with Crippen LogP contribution in [0.2, 0.25) is 0 Å². The number of hydrogen-bond donors (Lipinski definition) is 0. The summed E-state index contributed by atoms with van der Waals surface area (Å²) in [4.78, 5) is 13.5. The van der Waals surface area contributed by atoms with Gasteiger partial charge in [-0.25, -0.2) is 40.5 Å². The van der Waals surface area contributed by atoms with Crippen LogP contribution in [0.1, 0.15) is 58.7 Å². The lowest BCUT2D eigenvalue weighted by molar-refractivity contribution is -0.141. The van der Waals surface area contributed by atoms with E-state index in [2.05, 4.69) is 9.72 Å². The highest BCUT2D eigenvalue weighted by molar-refractivity contribution is 7.81. The Hall–Kier alpha value is -2.77. The summed E-state index contributed by atoms with van der Waals surface area (Å²) in [6, 6.07) is 0. The Morgan fingerprint density at radius 1 is 0.912 bits per heavy atom. The van der Waals surface area contributed by atoms with E-state index in [1.165, 1.54) is 13.8 Å². The van der Waals surface area contributed by atoms with Gasteiger partial charge in [-0.05, 0) is 17.9 Å². The van der Waals surface area contributed by atoms with Crippen molar-refractivity contribution in [1.29, 1.82) is 0 Å². The fraction of sp³-hybridized carbons (Fsp3) is 0.350. The van der Waals surface area contributed by atoms with Gasteiger partial charge in [0.2, 0.25) is 5.82 Å². The second kappa shape index (κ2) is 9.84. The molecule has 186 valence electrons. The van der Waals surface area contributed by atoms with E-state index < -0.39 is 98.5 Å². The third-order valence-electron chi connectivity index (χ3n) is 4.47. The fourth-order valence-corrected chi connectivity index (χ4v) is 3.53. The minimum absolute atomic E-state index is 0.610.